The van der Waals surface area contributed by atoms with Gasteiger partial charge in [-0.15, -0.1) is 0 Å². The van der Waals surface area contributed by atoms with Gasteiger partial charge in [0.25, 0.3) is 11.1 Å². The van der Waals surface area contributed by atoms with Crippen molar-refractivity contribution in [1.82, 2.24) is 18.3 Å². The number of aromatic nitrogens is 4. The molecule has 4 heterocycles. The summed E-state index contributed by atoms with van der Waals surface area (Å²) in [5.74, 6) is 0.429. The summed E-state index contributed by atoms with van der Waals surface area (Å²) in [5, 5.41) is 3.75. The molecule has 0 saturated heterocycles. The molecule has 12 heteroatoms. The van der Waals surface area contributed by atoms with E-state index in [-0.39, 0.29) is 34.8 Å². The quantitative estimate of drug-likeness (QED) is 0.607. The topological polar surface area (TPSA) is 110 Å². The SMILES string of the molecule is CN1c2c(n(C)c(=O)n(C)c2=O)N(C2(C3CCCCC3)Nc3c(c(=O)n(C)c(=O)n3C)N2C)C1C1CCCCC1. The van der Waals surface area contributed by atoms with Crippen molar-refractivity contribution in [2.45, 2.75) is 76.2 Å². The second kappa shape index (κ2) is 9.31. The van der Waals surface area contributed by atoms with Gasteiger partial charge in [0.15, 0.2) is 5.79 Å². The van der Waals surface area contributed by atoms with E-state index < -0.39 is 11.5 Å². The van der Waals surface area contributed by atoms with Gasteiger partial charge in [-0.2, -0.15) is 0 Å². The number of nitrogens with zero attached hydrogens (tertiary/aromatic N) is 7. The van der Waals surface area contributed by atoms with Gasteiger partial charge in [-0.05, 0) is 31.6 Å². The van der Waals surface area contributed by atoms with Gasteiger partial charge in [0.2, 0.25) is 0 Å². The highest BCUT2D eigenvalue weighted by atomic mass is 16.2. The average Bonchev–Trinajstić information content (AvgIpc) is 3.45. The van der Waals surface area contributed by atoms with Crippen LogP contribution in [0.25, 0.3) is 0 Å². The molecule has 2 aliphatic heterocycles. The average molecular weight is 555 g/mol. The summed E-state index contributed by atoms with van der Waals surface area (Å²) in [6.45, 7) is 0. The van der Waals surface area contributed by atoms with Crippen molar-refractivity contribution in [1.29, 1.82) is 0 Å². The van der Waals surface area contributed by atoms with Crippen LogP contribution in [-0.4, -0.2) is 44.3 Å². The number of hydrogen-bond donors (Lipinski definition) is 1. The third-order valence-corrected chi connectivity index (χ3v) is 10.3. The van der Waals surface area contributed by atoms with Crippen molar-refractivity contribution in [3.8, 4) is 0 Å². The van der Waals surface area contributed by atoms with Crippen LogP contribution in [0.3, 0.4) is 0 Å². The third-order valence-electron chi connectivity index (χ3n) is 10.3. The highest BCUT2D eigenvalue weighted by Gasteiger charge is 2.61. The fraction of sp³-hybridized carbons (Fsp3) is 0.714. The Morgan fingerprint density at radius 3 is 1.77 bits per heavy atom. The summed E-state index contributed by atoms with van der Waals surface area (Å²) in [5.41, 5.74) is -0.513. The van der Waals surface area contributed by atoms with Gasteiger partial charge in [0, 0.05) is 48.2 Å². The molecule has 2 atom stereocenters. The molecule has 0 bridgehead atoms. The van der Waals surface area contributed by atoms with Crippen LogP contribution in [0.1, 0.15) is 64.2 Å². The van der Waals surface area contributed by atoms with Crippen molar-refractivity contribution < 1.29 is 0 Å². The minimum atomic E-state index is -0.960. The van der Waals surface area contributed by atoms with Crippen LogP contribution in [-0.2, 0) is 28.2 Å². The zero-order valence-corrected chi connectivity index (χ0v) is 24.6. The predicted molar refractivity (Wildman–Crippen MR) is 156 cm³/mol. The largest absolute Gasteiger partial charge is 0.346 e. The molecule has 2 unspecified atom stereocenters. The first-order chi connectivity index (χ1) is 19.0. The minimum Gasteiger partial charge on any atom is -0.346 e. The molecule has 4 aliphatic rings. The highest BCUT2D eigenvalue weighted by molar-refractivity contribution is 5.82. The lowest BCUT2D eigenvalue weighted by Gasteiger charge is -2.55. The Hall–Kier alpha value is -3.44. The Morgan fingerprint density at radius 2 is 1.18 bits per heavy atom. The van der Waals surface area contributed by atoms with Crippen LogP contribution < -0.4 is 42.5 Å². The smallest absolute Gasteiger partial charge is 0.332 e. The monoisotopic (exact) mass is 554 g/mol. The highest BCUT2D eigenvalue weighted by Crippen LogP contribution is 2.53. The van der Waals surface area contributed by atoms with Crippen LogP contribution >= 0.6 is 0 Å². The molecule has 218 valence electrons. The zero-order valence-electron chi connectivity index (χ0n) is 24.6. The van der Waals surface area contributed by atoms with Crippen molar-refractivity contribution in [3.05, 3.63) is 41.7 Å². The summed E-state index contributed by atoms with van der Waals surface area (Å²) in [6, 6.07) is 0. The lowest BCUT2D eigenvalue weighted by Crippen LogP contribution is -2.71. The Morgan fingerprint density at radius 1 is 0.650 bits per heavy atom. The molecule has 0 amide bonds. The van der Waals surface area contributed by atoms with E-state index in [4.69, 9.17) is 0 Å². The summed E-state index contributed by atoms with van der Waals surface area (Å²) >= 11 is 0. The van der Waals surface area contributed by atoms with Gasteiger partial charge >= 0.3 is 11.4 Å². The van der Waals surface area contributed by atoms with Gasteiger partial charge < -0.3 is 15.1 Å². The van der Waals surface area contributed by atoms with Crippen LogP contribution in [0, 0.1) is 11.8 Å². The van der Waals surface area contributed by atoms with E-state index in [0.717, 1.165) is 62.4 Å². The molecular weight excluding hydrogens is 512 g/mol. The van der Waals surface area contributed by atoms with E-state index in [9.17, 15) is 19.2 Å². The fourth-order valence-corrected chi connectivity index (χ4v) is 8.15. The van der Waals surface area contributed by atoms with Gasteiger partial charge in [-0.3, -0.25) is 32.8 Å². The molecule has 2 saturated carbocycles. The van der Waals surface area contributed by atoms with Gasteiger partial charge in [-0.1, -0.05) is 38.5 Å². The Balaban J connectivity index is 1.68. The third kappa shape index (κ3) is 3.36. The second-order valence-electron chi connectivity index (χ2n) is 12.3. The molecule has 0 radical (unpaired) electrons. The molecule has 1 N–H and O–H groups in total. The van der Waals surface area contributed by atoms with Crippen LogP contribution in [0.4, 0.5) is 23.0 Å². The number of nitrogens with one attached hydrogen (secondary N) is 1. The first kappa shape index (κ1) is 26.8. The normalized spacial score (nSPS) is 25.4. The number of fused-ring (bicyclic) bond motifs is 2. The molecular formula is C28H42N8O4. The summed E-state index contributed by atoms with van der Waals surface area (Å²) in [6.07, 6.45) is 10.3. The van der Waals surface area contributed by atoms with E-state index in [1.807, 2.05) is 19.0 Å². The van der Waals surface area contributed by atoms with E-state index in [0.29, 0.717) is 23.0 Å². The van der Waals surface area contributed by atoms with Crippen molar-refractivity contribution in [2.75, 3.05) is 34.1 Å². The van der Waals surface area contributed by atoms with Crippen molar-refractivity contribution >= 4 is 23.0 Å². The molecule has 6 rings (SSSR count). The molecule has 2 aliphatic carbocycles. The zero-order chi connectivity index (χ0) is 28.7. The maximum absolute atomic E-state index is 13.8. The molecule has 0 spiro atoms. The van der Waals surface area contributed by atoms with Gasteiger partial charge in [0.1, 0.15) is 29.2 Å². The second-order valence-corrected chi connectivity index (χ2v) is 12.3. The van der Waals surface area contributed by atoms with Crippen LogP contribution in [0.5, 0.6) is 0 Å². The van der Waals surface area contributed by atoms with Gasteiger partial charge in [0.05, 0.1) is 0 Å². The van der Waals surface area contributed by atoms with E-state index in [1.165, 1.54) is 29.7 Å². The van der Waals surface area contributed by atoms with Crippen LogP contribution in [0.2, 0.25) is 0 Å². The molecule has 40 heavy (non-hydrogen) atoms. The maximum atomic E-state index is 13.8. The summed E-state index contributed by atoms with van der Waals surface area (Å²) in [7, 11) is 10.4. The summed E-state index contributed by atoms with van der Waals surface area (Å²) < 4.78 is 5.44. The maximum Gasteiger partial charge on any atom is 0.332 e. The Labute approximate surface area is 233 Å². The standard InChI is InChI=1S/C28H42N8O4/c1-30-20-23(32(3)27(40)34(5)25(20)38)36(22(30)17-13-9-7-10-14-17)28(18-15-11-8-12-16-18)29-21-19(35(28)6)24(37)33(4)26(39)31(21)2/h17-18,22,29H,7-16H2,1-6H3. The van der Waals surface area contributed by atoms with Gasteiger partial charge in [-0.25, -0.2) is 9.59 Å². The molecule has 2 aromatic rings. The Bertz CT molecular complexity index is 1590. The first-order valence-electron chi connectivity index (χ1n) is 14.7. The fourth-order valence-electron chi connectivity index (χ4n) is 8.15. The lowest BCUT2D eigenvalue weighted by molar-refractivity contribution is 0.184. The predicted octanol–water partition coefficient (Wildman–Crippen LogP) is 1.44. The van der Waals surface area contributed by atoms with E-state index >= 15 is 0 Å². The molecule has 2 aromatic heterocycles. The number of hydrogen-bond acceptors (Lipinski definition) is 8. The summed E-state index contributed by atoms with van der Waals surface area (Å²) in [4.78, 5) is 60.3. The van der Waals surface area contributed by atoms with Crippen LogP contribution in [0.15, 0.2) is 19.2 Å². The van der Waals surface area contributed by atoms with Crippen molar-refractivity contribution in [2.24, 2.45) is 40.0 Å². The Kier molecular flexibility index (Phi) is 6.23. The van der Waals surface area contributed by atoms with Crippen molar-refractivity contribution in [3.63, 3.8) is 0 Å². The lowest BCUT2D eigenvalue weighted by atomic mass is 9.80. The van der Waals surface area contributed by atoms with E-state index in [2.05, 4.69) is 15.1 Å². The minimum absolute atomic E-state index is 0.0723. The molecule has 0 aromatic carbocycles. The van der Waals surface area contributed by atoms with E-state index in [1.54, 1.807) is 18.7 Å². The first-order valence-corrected chi connectivity index (χ1v) is 14.7. The molecule has 2 fully saturated rings. The number of rotatable bonds is 3. The molecule has 12 nitrogen and oxygen atoms in total. The number of anilines is 4.